The third-order valence-electron chi connectivity index (χ3n) is 7.80. The fraction of sp³-hybridized carbons (Fsp3) is 0.368. The number of aromatic hydroxyl groups is 1. The van der Waals surface area contributed by atoms with Crippen molar-refractivity contribution in [2.24, 2.45) is 0 Å². The maximum absolute atomic E-state index is 11.7. The van der Waals surface area contributed by atoms with Crippen molar-refractivity contribution in [2.45, 2.75) is 101 Å². The largest absolute Gasteiger partial charge is 2.00 e. The van der Waals surface area contributed by atoms with Crippen molar-refractivity contribution in [1.29, 1.82) is 0 Å². The van der Waals surface area contributed by atoms with E-state index < -0.39 is 41.5 Å². The van der Waals surface area contributed by atoms with Crippen LogP contribution in [0.1, 0.15) is 89.2 Å². The molecule has 0 unspecified atom stereocenters. The average molecular weight is 767 g/mol. The summed E-state index contributed by atoms with van der Waals surface area (Å²) >= 11 is 0. The van der Waals surface area contributed by atoms with Gasteiger partial charge in [-0.1, -0.05) is 113 Å². The van der Waals surface area contributed by atoms with Crippen molar-refractivity contribution < 1.29 is 45.6 Å². The molecule has 0 aliphatic heterocycles. The van der Waals surface area contributed by atoms with E-state index >= 15 is 0 Å². The Hall–Kier alpha value is -2.84. The van der Waals surface area contributed by atoms with Crippen LogP contribution in [0.2, 0.25) is 0 Å². The molecule has 0 aliphatic rings. The third kappa shape index (κ3) is 15.3. The molecule has 13 heteroatoms. The summed E-state index contributed by atoms with van der Waals surface area (Å²) in [4.78, 5) is -1.47. The first-order valence-electron chi connectivity index (χ1n) is 16.9. The third-order valence-corrected chi connectivity index (χ3v) is 9.63. The standard InChI is InChI=1S/2C19H24O5S.Ca/c2*1-2-3-4-5-6-9-15-10-7-11-16(14-15)24-18-13-8-12-17(20)19(18)25(21,22)23;/h2*7-8,10-14,20H,2-6,9H2,1H3,(H,21,22,23);/q;;+2/p-2. The maximum Gasteiger partial charge on any atom is 2.00 e. The average Bonchev–Trinajstić information content (AvgIpc) is 3.04. The molecule has 2 N–H and O–H groups in total. The van der Waals surface area contributed by atoms with Crippen LogP contribution in [0.15, 0.2) is 94.7 Å². The molecule has 0 fully saturated rings. The fourth-order valence-electron chi connectivity index (χ4n) is 5.31. The predicted octanol–water partition coefficient (Wildman–Crippen LogP) is 8.53. The molecular formula is C38H46CaO10S2. The molecule has 0 atom stereocenters. The van der Waals surface area contributed by atoms with Crippen LogP contribution in [0.4, 0.5) is 0 Å². The number of phenolic OH excluding ortho intramolecular Hbond substituents is 1. The van der Waals surface area contributed by atoms with E-state index in [2.05, 4.69) is 13.8 Å². The molecule has 0 saturated carbocycles. The summed E-state index contributed by atoms with van der Waals surface area (Å²) in [6.07, 6.45) is 13.7. The Morgan fingerprint density at radius 3 is 1.49 bits per heavy atom. The van der Waals surface area contributed by atoms with Crippen LogP contribution in [0.5, 0.6) is 34.5 Å². The fourth-order valence-corrected chi connectivity index (χ4v) is 6.68. The maximum atomic E-state index is 11.7. The first-order valence-corrected chi connectivity index (χ1v) is 19.8. The monoisotopic (exact) mass is 766 g/mol. The van der Waals surface area contributed by atoms with E-state index in [1.54, 1.807) is 18.2 Å². The quantitative estimate of drug-likeness (QED) is 0.0568. The second-order valence-corrected chi connectivity index (χ2v) is 14.6. The van der Waals surface area contributed by atoms with E-state index in [0.29, 0.717) is 11.5 Å². The van der Waals surface area contributed by atoms with Gasteiger partial charge in [0.05, 0.1) is 4.90 Å². The molecule has 0 amide bonds. The number of aryl methyl sites for hydroxylation is 2. The van der Waals surface area contributed by atoms with E-state index in [1.807, 2.05) is 30.3 Å². The van der Waals surface area contributed by atoms with E-state index in [4.69, 9.17) is 9.47 Å². The molecule has 0 spiro atoms. The minimum Gasteiger partial charge on any atom is -0.872 e. The van der Waals surface area contributed by atoms with Crippen molar-refractivity contribution in [3.63, 3.8) is 0 Å². The minimum absolute atomic E-state index is 0. The van der Waals surface area contributed by atoms with Gasteiger partial charge in [0.1, 0.15) is 33.1 Å². The predicted molar refractivity (Wildman–Crippen MR) is 195 cm³/mol. The number of rotatable bonds is 18. The van der Waals surface area contributed by atoms with Crippen LogP contribution in [0, 0.1) is 0 Å². The van der Waals surface area contributed by atoms with Crippen LogP contribution >= 0.6 is 0 Å². The van der Waals surface area contributed by atoms with Gasteiger partial charge in [-0.3, -0.25) is 4.55 Å². The van der Waals surface area contributed by atoms with E-state index in [0.717, 1.165) is 49.3 Å². The molecule has 4 aromatic rings. The Bertz CT molecular complexity index is 1740. The van der Waals surface area contributed by atoms with Gasteiger partial charge in [0, 0.05) is 0 Å². The number of benzene rings is 4. The van der Waals surface area contributed by atoms with Crippen LogP contribution in [0.3, 0.4) is 0 Å². The second-order valence-electron chi connectivity index (χ2n) is 11.9. The first-order chi connectivity index (χ1) is 23.8. The summed E-state index contributed by atoms with van der Waals surface area (Å²) in [5, 5.41) is 21.4. The van der Waals surface area contributed by atoms with Crippen LogP contribution < -0.4 is 14.6 Å². The topological polar surface area (TPSA) is 173 Å². The molecule has 0 aliphatic carbocycles. The summed E-state index contributed by atoms with van der Waals surface area (Å²) < 4.78 is 77.3. The van der Waals surface area contributed by atoms with Crippen LogP contribution in [-0.4, -0.2) is 68.8 Å². The molecule has 272 valence electrons. The molecule has 0 aromatic heterocycles. The van der Waals surface area contributed by atoms with Gasteiger partial charge in [-0.25, -0.2) is 8.42 Å². The van der Waals surface area contributed by atoms with Crippen LogP contribution in [0.25, 0.3) is 0 Å². The molecule has 10 nitrogen and oxygen atoms in total. The molecular weight excluding hydrogens is 721 g/mol. The van der Waals surface area contributed by atoms with Gasteiger partial charge in [-0.2, -0.15) is 8.42 Å². The molecule has 0 saturated heterocycles. The van der Waals surface area contributed by atoms with Crippen molar-refractivity contribution in [2.75, 3.05) is 0 Å². The van der Waals surface area contributed by atoms with E-state index in [-0.39, 0.29) is 49.2 Å². The van der Waals surface area contributed by atoms with Crippen molar-refractivity contribution in [1.82, 2.24) is 0 Å². The Morgan fingerprint density at radius 1 is 0.608 bits per heavy atom. The van der Waals surface area contributed by atoms with Gasteiger partial charge in [0.2, 0.25) is 0 Å². The number of unbranched alkanes of at least 4 members (excludes halogenated alkanes) is 8. The normalized spacial score (nSPS) is 11.2. The molecule has 0 bridgehead atoms. The summed E-state index contributed by atoms with van der Waals surface area (Å²) in [6.45, 7) is 4.36. The first kappa shape index (κ1) is 44.3. The van der Waals surface area contributed by atoms with Gasteiger partial charge in [-0.15, -0.1) is 0 Å². The Kier molecular flexibility index (Phi) is 19.4. The van der Waals surface area contributed by atoms with Gasteiger partial charge >= 0.3 is 47.9 Å². The summed E-state index contributed by atoms with van der Waals surface area (Å²) in [7, 11) is -9.50. The van der Waals surface area contributed by atoms with Crippen LogP contribution in [-0.2, 0) is 33.1 Å². The Labute approximate surface area is 332 Å². The number of phenols is 1. The molecule has 0 heterocycles. The van der Waals surface area contributed by atoms with Crippen molar-refractivity contribution in [3.8, 4) is 34.5 Å². The van der Waals surface area contributed by atoms with Crippen molar-refractivity contribution in [3.05, 3.63) is 96.1 Å². The van der Waals surface area contributed by atoms with Gasteiger partial charge in [0.25, 0.3) is 0 Å². The summed E-state index contributed by atoms with van der Waals surface area (Å²) in [5.41, 5.74) is 2.17. The molecule has 51 heavy (non-hydrogen) atoms. The zero-order chi connectivity index (χ0) is 36.6. The SMILES string of the molecule is CCCCCCCc1cccc(Oc2cccc(O)c2S(=O)(=O)O)c1.CCCCCCCc1cccc(Oc2cccc([O-])c2S(=O)(=O)[O-])c1.[Ca+2]. The van der Waals surface area contributed by atoms with E-state index in [1.165, 1.54) is 75.3 Å². The van der Waals surface area contributed by atoms with Gasteiger partial charge < -0.3 is 24.2 Å². The Balaban J connectivity index is 0.000000347. The smallest absolute Gasteiger partial charge is 0.872 e. The second kappa shape index (κ2) is 22.3. The molecule has 4 aromatic carbocycles. The van der Waals surface area contributed by atoms with E-state index in [9.17, 15) is 36.2 Å². The number of ether oxygens (including phenoxy) is 2. The van der Waals surface area contributed by atoms with Gasteiger partial charge in [0.15, 0.2) is 10.6 Å². The number of hydrogen-bond donors (Lipinski definition) is 2. The molecule has 4 rings (SSSR count). The zero-order valence-electron chi connectivity index (χ0n) is 29.3. The summed E-state index contributed by atoms with van der Waals surface area (Å²) in [6, 6.07) is 22.4. The van der Waals surface area contributed by atoms with Crippen molar-refractivity contribution >= 4 is 58.0 Å². The molecule has 0 radical (unpaired) electrons. The number of hydrogen-bond acceptors (Lipinski definition) is 9. The minimum atomic E-state index is -4.90. The summed E-state index contributed by atoms with van der Waals surface area (Å²) in [5.74, 6) is -0.889. The Morgan fingerprint density at radius 2 is 1.04 bits per heavy atom. The zero-order valence-corrected chi connectivity index (χ0v) is 33.1. The van der Waals surface area contributed by atoms with Gasteiger partial charge in [-0.05, 0) is 79.3 Å².